The van der Waals surface area contributed by atoms with Gasteiger partial charge in [0.15, 0.2) is 0 Å². The maximum absolute atomic E-state index is 10.5. The SMILES string of the molecule is CCCC(O)CNCCc1ccc([N+](=O)[O-])cc1. The highest BCUT2D eigenvalue weighted by molar-refractivity contribution is 5.32. The summed E-state index contributed by atoms with van der Waals surface area (Å²) in [7, 11) is 0. The first-order valence-electron chi connectivity index (χ1n) is 6.25. The van der Waals surface area contributed by atoms with Gasteiger partial charge in [0, 0.05) is 18.7 Å². The third-order valence-electron chi connectivity index (χ3n) is 2.74. The summed E-state index contributed by atoms with van der Waals surface area (Å²) >= 11 is 0. The highest BCUT2D eigenvalue weighted by Crippen LogP contribution is 2.11. The molecule has 0 saturated heterocycles. The standard InChI is InChI=1S/C13H20N2O3/c1-2-3-13(16)10-14-9-8-11-4-6-12(7-5-11)15(17)18/h4-7,13-14,16H,2-3,8-10H2,1H3. The molecule has 5 nitrogen and oxygen atoms in total. The quantitative estimate of drug-likeness (QED) is 0.421. The Morgan fingerprint density at radius 3 is 2.61 bits per heavy atom. The van der Waals surface area contributed by atoms with Gasteiger partial charge in [0.2, 0.25) is 0 Å². The molecule has 1 atom stereocenters. The number of benzene rings is 1. The highest BCUT2D eigenvalue weighted by Gasteiger charge is 2.04. The fourth-order valence-corrected chi connectivity index (χ4v) is 1.72. The number of nitro benzene ring substituents is 1. The monoisotopic (exact) mass is 252 g/mol. The number of nitrogens with zero attached hydrogens (tertiary/aromatic N) is 1. The lowest BCUT2D eigenvalue weighted by atomic mass is 10.1. The number of aliphatic hydroxyl groups excluding tert-OH is 1. The third-order valence-corrected chi connectivity index (χ3v) is 2.74. The lowest BCUT2D eigenvalue weighted by Gasteiger charge is -2.10. The number of nitro groups is 1. The predicted octanol–water partition coefficient (Wildman–Crippen LogP) is 1.89. The van der Waals surface area contributed by atoms with E-state index in [1.807, 2.05) is 6.92 Å². The summed E-state index contributed by atoms with van der Waals surface area (Å²) < 4.78 is 0. The first-order valence-corrected chi connectivity index (χ1v) is 6.25. The van der Waals surface area contributed by atoms with Crippen molar-refractivity contribution in [2.75, 3.05) is 13.1 Å². The van der Waals surface area contributed by atoms with Crippen molar-refractivity contribution in [1.29, 1.82) is 0 Å². The molecule has 0 aromatic heterocycles. The van der Waals surface area contributed by atoms with Crippen LogP contribution in [0.25, 0.3) is 0 Å². The summed E-state index contributed by atoms with van der Waals surface area (Å²) in [5.41, 5.74) is 1.17. The minimum Gasteiger partial charge on any atom is -0.392 e. The van der Waals surface area contributed by atoms with E-state index in [0.29, 0.717) is 6.54 Å². The highest BCUT2D eigenvalue weighted by atomic mass is 16.6. The van der Waals surface area contributed by atoms with Crippen molar-refractivity contribution in [3.05, 3.63) is 39.9 Å². The normalized spacial score (nSPS) is 12.3. The minimum absolute atomic E-state index is 0.116. The molecule has 1 rings (SSSR count). The lowest BCUT2D eigenvalue weighted by Crippen LogP contribution is -2.28. The molecule has 1 unspecified atom stereocenters. The molecule has 2 N–H and O–H groups in total. The molecule has 5 heteroatoms. The third kappa shape index (κ3) is 5.25. The molecule has 18 heavy (non-hydrogen) atoms. The van der Waals surface area contributed by atoms with Crippen LogP contribution in [0, 0.1) is 10.1 Å². The average Bonchev–Trinajstić information content (AvgIpc) is 2.35. The van der Waals surface area contributed by atoms with E-state index in [9.17, 15) is 15.2 Å². The van der Waals surface area contributed by atoms with Crippen LogP contribution in [0.3, 0.4) is 0 Å². The topological polar surface area (TPSA) is 75.4 Å². The van der Waals surface area contributed by atoms with Gasteiger partial charge in [-0.1, -0.05) is 25.5 Å². The summed E-state index contributed by atoms with van der Waals surface area (Å²) in [6, 6.07) is 6.56. The van der Waals surface area contributed by atoms with E-state index in [2.05, 4.69) is 5.32 Å². The molecule has 0 fully saturated rings. The molecule has 0 radical (unpaired) electrons. The van der Waals surface area contributed by atoms with Gasteiger partial charge < -0.3 is 10.4 Å². The molecule has 100 valence electrons. The van der Waals surface area contributed by atoms with Gasteiger partial charge in [0.1, 0.15) is 0 Å². The van der Waals surface area contributed by atoms with Gasteiger partial charge in [-0.15, -0.1) is 0 Å². The number of nitrogens with one attached hydrogen (secondary N) is 1. The van der Waals surface area contributed by atoms with Gasteiger partial charge in [-0.25, -0.2) is 0 Å². The van der Waals surface area contributed by atoms with Gasteiger partial charge in [0.05, 0.1) is 11.0 Å². The summed E-state index contributed by atoms with van der Waals surface area (Å²) in [6.45, 7) is 3.40. The van der Waals surface area contributed by atoms with E-state index in [1.54, 1.807) is 12.1 Å². The smallest absolute Gasteiger partial charge is 0.269 e. The van der Waals surface area contributed by atoms with Crippen LogP contribution in [0.2, 0.25) is 0 Å². The Hall–Kier alpha value is -1.46. The van der Waals surface area contributed by atoms with E-state index in [4.69, 9.17) is 0 Å². The molecular weight excluding hydrogens is 232 g/mol. The second-order valence-electron chi connectivity index (χ2n) is 4.32. The fourth-order valence-electron chi connectivity index (χ4n) is 1.72. The van der Waals surface area contributed by atoms with Crippen molar-refractivity contribution in [2.45, 2.75) is 32.3 Å². The van der Waals surface area contributed by atoms with Gasteiger partial charge in [-0.2, -0.15) is 0 Å². The van der Waals surface area contributed by atoms with Gasteiger partial charge in [-0.05, 0) is 24.9 Å². The van der Waals surface area contributed by atoms with Crippen LogP contribution in [-0.4, -0.2) is 29.2 Å². The van der Waals surface area contributed by atoms with Gasteiger partial charge in [0.25, 0.3) is 5.69 Å². The molecule has 0 aliphatic rings. The van der Waals surface area contributed by atoms with Crippen molar-refractivity contribution in [1.82, 2.24) is 5.32 Å². The molecule has 0 aliphatic heterocycles. The molecule has 0 heterocycles. The Kier molecular flexibility index (Phi) is 6.32. The number of hydrogen-bond donors (Lipinski definition) is 2. The molecule has 0 bridgehead atoms. The van der Waals surface area contributed by atoms with Crippen molar-refractivity contribution >= 4 is 5.69 Å². The summed E-state index contributed by atoms with van der Waals surface area (Å²) in [5, 5.41) is 23.2. The number of rotatable bonds is 8. The summed E-state index contributed by atoms with van der Waals surface area (Å²) in [4.78, 5) is 10.1. The Bertz CT molecular complexity index is 365. The lowest BCUT2D eigenvalue weighted by molar-refractivity contribution is -0.384. The van der Waals surface area contributed by atoms with Crippen molar-refractivity contribution in [2.24, 2.45) is 0 Å². The Morgan fingerprint density at radius 2 is 2.06 bits per heavy atom. The molecule has 0 saturated carbocycles. The van der Waals surface area contributed by atoms with Crippen LogP contribution < -0.4 is 5.32 Å². The van der Waals surface area contributed by atoms with Crippen LogP contribution in [0.4, 0.5) is 5.69 Å². The predicted molar refractivity (Wildman–Crippen MR) is 70.6 cm³/mol. The van der Waals surface area contributed by atoms with Crippen molar-refractivity contribution in [3.8, 4) is 0 Å². The van der Waals surface area contributed by atoms with Gasteiger partial charge >= 0.3 is 0 Å². The van der Waals surface area contributed by atoms with Crippen LogP contribution in [0.1, 0.15) is 25.3 Å². The van der Waals surface area contributed by atoms with E-state index in [0.717, 1.165) is 31.4 Å². The zero-order chi connectivity index (χ0) is 13.4. The Morgan fingerprint density at radius 1 is 1.39 bits per heavy atom. The van der Waals surface area contributed by atoms with Crippen LogP contribution in [-0.2, 0) is 6.42 Å². The van der Waals surface area contributed by atoms with E-state index < -0.39 is 4.92 Å². The second-order valence-corrected chi connectivity index (χ2v) is 4.32. The zero-order valence-corrected chi connectivity index (χ0v) is 10.6. The van der Waals surface area contributed by atoms with Crippen LogP contribution >= 0.6 is 0 Å². The van der Waals surface area contributed by atoms with E-state index in [-0.39, 0.29) is 11.8 Å². The van der Waals surface area contributed by atoms with Crippen molar-refractivity contribution in [3.63, 3.8) is 0 Å². The molecule has 1 aromatic rings. The average molecular weight is 252 g/mol. The van der Waals surface area contributed by atoms with Gasteiger partial charge in [-0.3, -0.25) is 10.1 Å². The number of aliphatic hydroxyl groups is 1. The van der Waals surface area contributed by atoms with Crippen LogP contribution in [0.5, 0.6) is 0 Å². The number of non-ortho nitro benzene ring substituents is 1. The summed E-state index contributed by atoms with van der Waals surface area (Å²) in [6.07, 6.45) is 2.30. The number of hydrogen-bond acceptors (Lipinski definition) is 4. The summed E-state index contributed by atoms with van der Waals surface area (Å²) in [5.74, 6) is 0. The van der Waals surface area contributed by atoms with E-state index >= 15 is 0 Å². The minimum atomic E-state index is -0.400. The fraction of sp³-hybridized carbons (Fsp3) is 0.538. The maximum atomic E-state index is 10.5. The van der Waals surface area contributed by atoms with E-state index in [1.165, 1.54) is 12.1 Å². The zero-order valence-electron chi connectivity index (χ0n) is 10.6. The first-order chi connectivity index (χ1) is 8.63. The molecule has 0 spiro atoms. The second kappa shape index (κ2) is 7.79. The molecule has 0 aliphatic carbocycles. The van der Waals surface area contributed by atoms with Crippen molar-refractivity contribution < 1.29 is 10.0 Å². The Balaban J connectivity index is 2.25. The molecule has 1 aromatic carbocycles. The van der Waals surface area contributed by atoms with Crippen LogP contribution in [0.15, 0.2) is 24.3 Å². The largest absolute Gasteiger partial charge is 0.392 e. The molecular formula is C13H20N2O3. The maximum Gasteiger partial charge on any atom is 0.269 e. The Labute approximate surface area is 107 Å². The molecule has 0 amide bonds. The first kappa shape index (κ1) is 14.6.